The monoisotopic (exact) mass is 304 g/mol. The van der Waals surface area contributed by atoms with Crippen LogP contribution >= 0.6 is 0 Å². The highest BCUT2D eigenvalue weighted by Crippen LogP contribution is 2.27. The fraction of sp³-hybridized carbons (Fsp3) is 0.562. The van der Waals surface area contributed by atoms with Gasteiger partial charge in [-0.05, 0) is 32.8 Å². The number of carbonyl (C=O) groups is 2. The Morgan fingerprint density at radius 3 is 2.64 bits per heavy atom. The second-order valence-corrected chi connectivity index (χ2v) is 5.68. The number of esters is 1. The highest BCUT2D eigenvalue weighted by Gasteiger charge is 2.35. The molecule has 0 saturated heterocycles. The third-order valence-corrected chi connectivity index (χ3v) is 4.02. The number of nitrogens with zero attached hydrogens (tertiary/aromatic N) is 1. The average Bonchev–Trinajstić information content (AvgIpc) is 2.94. The smallest absolute Gasteiger partial charge is 0.342 e. The van der Waals surface area contributed by atoms with Crippen LogP contribution in [-0.2, 0) is 9.53 Å². The van der Waals surface area contributed by atoms with E-state index in [1.165, 1.54) is 19.3 Å². The molecule has 0 aromatic carbocycles. The van der Waals surface area contributed by atoms with Crippen molar-refractivity contribution in [3.8, 4) is 6.07 Å². The molecule has 6 nitrogen and oxygen atoms in total. The number of rotatable bonds is 4. The number of hydrogen-bond acceptors (Lipinski definition) is 5. The lowest BCUT2D eigenvalue weighted by Crippen LogP contribution is -2.52. The third kappa shape index (κ3) is 3.48. The number of nitrogens with one attached hydrogen (secondary N) is 1. The Hall–Kier alpha value is -2.29. The summed E-state index contributed by atoms with van der Waals surface area (Å²) in [5.74, 6) is -0.611. The van der Waals surface area contributed by atoms with E-state index in [0.717, 1.165) is 19.3 Å². The number of carbonyl (C=O) groups excluding carboxylic acids is 2. The second-order valence-electron chi connectivity index (χ2n) is 5.68. The maximum absolute atomic E-state index is 12.2. The molecule has 118 valence electrons. The average molecular weight is 304 g/mol. The summed E-state index contributed by atoms with van der Waals surface area (Å²) >= 11 is 0. The lowest BCUT2D eigenvalue weighted by atomic mass is 9.83. The van der Waals surface area contributed by atoms with Crippen molar-refractivity contribution in [2.75, 3.05) is 0 Å². The summed E-state index contributed by atoms with van der Waals surface area (Å²) in [6.07, 6.45) is 4.60. The first-order chi connectivity index (χ1) is 10.5. The van der Waals surface area contributed by atoms with E-state index in [1.54, 1.807) is 6.92 Å². The van der Waals surface area contributed by atoms with Crippen LogP contribution in [0.1, 0.15) is 55.1 Å². The maximum Gasteiger partial charge on any atom is 0.342 e. The minimum absolute atomic E-state index is 0.298. The zero-order chi connectivity index (χ0) is 16.2. The first-order valence-electron chi connectivity index (χ1n) is 7.46. The Bertz CT molecular complexity index is 594. The first-order valence-corrected chi connectivity index (χ1v) is 7.46. The SMILES string of the molecule is Cc1occc1C(=O)OC(C)C(=O)NC1(C#N)CCCCC1. The molecular formula is C16H20N2O4. The number of hydrogen-bond donors (Lipinski definition) is 1. The van der Waals surface area contributed by atoms with Crippen LogP contribution in [0.2, 0.25) is 0 Å². The Kier molecular flexibility index (Phi) is 4.86. The molecule has 1 fully saturated rings. The lowest BCUT2D eigenvalue weighted by Gasteiger charge is -2.32. The molecule has 0 spiro atoms. The van der Waals surface area contributed by atoms with Gasteiger partial charge in [-0.25, -0.2) is 4.79 Å². The fourth-order valence-electron chi connectivity index (χ4n) is 2.63. The van der Waals surface area contributed by atoms with Gasteiger partial charge in [-0.2, -0.15) is 5.26 Å². The minimum atomic E-state index is -0.964. The predicted octanol–water partition coefficient (Wildman–Crippen LogP) is 2.48. The van der Waals surface area contributed by atoms with E-state index in [4.69, 9.17) is 9.15 Å². The zero-order valence-corrected chi connectivity index (χ0v) is 12.8. The van der Waals surface area contributed by atoms with Crippen molar-refractivity contribution in [2.45, 2.75) is 57.6 Å². The molecule has 2 rings (SSSR count). The highest BCUT2D eigenvalue weighted by atomic mass is 16.5. The van der Waals surface area contributed by atoms with Crippen LogP contribution in [0.15, 0.2) is 16.7 Å². The molecule has 1 N–H and O–H groups in total. The van der Waals surface area contributed by atoms with Gasteiger partial charge in [0.15, 0.2) is 6.10 Å². The summed E-state index contributed by atoms with van der Waals surface area (Å²) in [4.78, 5) is 24.2. The van der Waals surface area contributed by atoms with Crippen LogP contribution < -0.4 is 5.32 Å². The number of aryl methyl sites for hydroxylation is 1. The summed E-state index contributed by atoms with van der Waals surface area (Å²) in [6.45, 7) is 3.14. The quantitative estimate of drug-likeness (QED) is 0.863. The molecule has 0 radical (unpaired) electrons. The van der Waals surface area contributed by atoms with Crippen LogP contribution in [0, 0.1) is 18.3 Å². The number of nitriles is 1. The largest absolute Gasteiger partial charge is 0.469 e. The summed E-state index contributed by atoms with van der Waals surface area (Å²) < 4.78 is 10.2. The molecule has 1 saturated carbocycles. The number of ether oxygens (including phenoxy) is 1. The minimum Gasteiger partial charge on any atom is -0.469 e. The molecule has 6 heteroatoms. The molecule has 1 aromatic rings. The zero-order valence-electron chi connectivity index (χ0n) is 12.8. The fourth-order valence-corrected chi connectivity index (χ4v) is 2.63. The van der Waals surface area contributed by atoms with Gasteiger partial charge in [-0.1, -0.05) is 19.3 Å². The summed E-state index contributed by atoms with van der Waals surface area (Å²) in [7, 11) is 0. The van der Waals surface area contributed by atoms with Crippen molar-refractivity contribution in [1.82, 2.24) is 5.32 Å². The van der Waals surface area contributed by atoms with Gasteiger partial charge in [-0.15, -0.1) is 0 Å². The Morgan fingerprint density at radius 2 is 2.09 bits per heavy atom. The van der Waals surface area contributed by atoms with Crippen LogP contribution in [0.25, 0.3) is 0 Å². The first kappa shape index (κ1) is 16.1. The van der Waals surface area contributed by atoms with E-state index in [9.17, 15) is 14.9 Å². The number of furan rings is 1. The van der Waals surface area contributed by atoms with Gasteiger partial charge in [0.25, 0.3) is 5.91 Å². The molecular weight excluding hydrogens is 284 g/mol. The molecule has 1 unspecified atom stereocenters. The molecule has 1 aliphatic rings. The second kappa shape index (κ2) is 6.65. The van der Waals surface area contributed by atoms with Gasteiger partial charge >= 0.3 is 5.97 Å². The van der Waals surface area contributed by atoms with Gasteiger partial charge in [0.1, 0.15) is 16.9 Å². The molecule has 0 bridgehead atoms. The number of amides is 1. The van der Waals surface area contributed by atoms with Gasteiger partial charge in [0, 0.05) is 0 Å². The van der Waals surface area contributed by atoms with Crippen LogP contribution in [0.5, 0.6) is 0 Å². The standard InChI is InChI=1S/C16H20N2O4/c1-11-13(6-9-21-11)15(20)22-12(2)14(19)18-16(10-17)7-4-3-5-8-16/h6,9,12H,3-5,7-8H2,1-2H3,(H,18,19). The van der Waals surface area contributed by atoms with E-state index in [-0.39, 0.29) is 0 Å². The summed E-state index contributed by atoms with van der Waals surface area (Å²) in [6, 6.07) is 3.71. The van der Waals surface area contributed by atoms with Crippen LogP contribution in [0.3, 0.4) is 0 Å². The van der Waals surface area contributed by atoms with E-state index in [0.29, 0.717) is 24.2 Å². The maximum atomic E-state index is 12.2. The van der Waals surface area contributed by atoms with Crippen molar-refractivity contribution in [3.05, 3.63) is 23.7 Å². The van der Waals surface area contributed by atoms with Crippen molar-refractivity contribution >= 4 is 11.9 Å². The molecule has 0 aliphatic heterocycles. The van der Waals surface area contributed by atoms with Gasteiger partial charge < -0.3 is 14.5 Å². The molecule has 1 amide bonds. The van der Waals surface area contributed by atoms with Crippen molar-refractivity contribution in [3.63, 3.8) is 0 Å². The van der Waals surface area contributed by atoms with Crippen molar-refractivity contribution < 1.29 is 18.7 Å². The van der Waals surface area contributed by atoms with E-state index < -0.39 is 23.5 Å². The van der Waals surface area contributed by atoms with Gasteiger partial charge in [0.2, 0.25) is 0 Å². The van der Waals surface area contributed by atoms with Crippen molar-refractivity contribution in [2.24, 2.45) is 0 Å². The van der Waals surface area contributed by atoms with E-state index in [2.05, 4.69) is 11.4 Å². The topological polar surface area (TPSA) is 92.3 Å². The van der Waals surface area contributed by atoms with Crippen molar-refractivity contribution in [1.29, 1.82) is 5.26 Å². The van der Waals surface area contributed by atoms with E-state index >= 15 is 0 Å². The molecule has 22 heavy (non-hydrogen) atoms. The summed E-state index contributed by atoms with van der Waals surface area (Å²) in [5.41, 5.74) is -0.533. The molecule has 1 atom stereocenters. The summed E-state index contributed by atoms with van der Waals surface area (Å²) in [5, 5.41) is 12.1. The lowest BCUT2D eigenvalue weighted by molar-refractivity contribution is -0.130. The molecule has 1 aromatic heterocycles. The predicted molar refractivity (Wildman–Crippen MR) is 77.9 cm³/mol. The Morgan fingerprint density at radius 1 is 1.41 bits per heavy atom. The molecule has 1 aliphatic carbocycles. The Balaban J connectivity index is 1.96. The van der Waals surface area contributed by atoms with Crippen LogP contribution in [-0.4, -0.2) is 23.5 Å². The third-order valence-electron chi connectivity index (χ3n) is 4.02. The van der Waals surface area contributed by atoms with Gasteiger partial charge in [0.05, 0.1) is 12.3 Å². The molecule has 1 heterocycles. The Labute approximate surface area is 129 Å². The highest BCUT2D eigenvalue weighted by molar-refractivity contribution is 5.93. The van der Waals surface area contributed by atoms with Crippen LogP contribution in [0.4, 0.5) is 0 Å². The van der Waals surface area contributed by atoms with Gasteiger partial charge in [-0.3, -0.25) is 4.79 Å². The normalized spacial score (nSPS) is 18.0. The van der Waals surface area contributed by atoms with E-state index in [1.807, 2.05) is 0 Å².